The smallest absolute Gasteiger partial charge is 0.326 e. The second kappa shape index (κ2) is 33.7. The summed E-state index contributed by atoms with van der Waals surface area (Å²) in [6.45, 7) is 8.15. The van der Waals surface area contributed by atoms with Gasteiger partial charge in [0.15, 0.2) is 0 Å². The number of aromatic amines is 1. The molecule has 0 spiro atoms. The Bertz CT molecular complexity index is 2250. The number of nitrogens with zero attached hydrogens (tertiary/aromatic N) is 1. The molecule has 27 heteroatoms. The van der Waals surface area contributed by atoms with E-state index in [4.69, 9.17) is 11.5 Å². The monoisotopic (exact) mass is 1090 g/mol. The molecule has 1 aromatic carbocycles. The lowest BCUT2D eigenvalue weighted by molar-refractivity contribution is -0.144. The van der Waals surface area contributed by atoms with Crippen LogP contribution in [0.2, 0.25) is 0 Å². The van der Waals surface area contributed by atoms with E-state index in [2.05, 4.69) is 52.5 Å². The third-order valence-electron chi connectivity index (χ3n) is 11.7. The highest BCUT2D eigenvalue weighted by Crippen LogP contribution is 2.12. The maximum atomic E-state index is 14.1. The molecule has 0 aliphatic carbocycles. The van der Waals surface area contributed by atoms with Crippen LogP contribution in [0.25, 0.3) is 0 Å². The van der Waals surface area contributed by atoms with Crippen molar-refractivity contribution in [2.75, 3.05) is 18.6 Å². The summed E-state index contributed by atoms with van der Waals surface area (Å²) in [5, 5.41) is 48.7. The molecular weight excluding hydrogens is 1010 g/mol. The van der Waals surface area contributed by atoms with E-state index in [9.17, 15) is 68.1 Å². The number of carboxylic acid groups (broad SMARTS) is 3. The van der Waals surface area contributed by atoms with Gasteiger partial charge in [-0.25, -0.2) is 9.78 Å². The normalized spacial score (nSPS) is 14.7. The molecule has 8 amide bonds. The van der Waals surface area contributed by atoms with Crippen molar-refractivity contribution in [2.45, 2.75) is 153 Å². The van der Waals surface area contributed by atoms with Crippen LogP contribution in [0.1, 0.15) is 97.2 Å². The molecule has 0 aliphatic rings. The molecule has 0 saturated carbocycles. The number of nitrogens with two attached hydrogens (primary N) is 2. The molecule has 2 aromatic rings. The predicted octanol–water partition coefficient (Wildman–Crippen LogP) is -1.57. The molecule has 26 nitrogen and oxygen atoms in total. The fourth-order valence-electron chi connectivity index (χ4n) is 7.49. The molecule has 0 bridgehead atoms. The molecule has 0 aliphatic heterocycles. The van der Waals surface area contributed by atoms with Crippen LogP contribution in [0.15, 0.2) is 42.9 Å². The number of rotatable bonds is 36. The van der Waals surface area contributed by atoms with E-state index in [0.29, 0.717) is 17.9 Å². The number of H-pyrrole nitrogens is 1. The lowest BCUT2D eigenvalue weighted by atomic mass is 10.0. The zero-order valence-corrected chi connectivity index (χ0v) is 44.5. The molecular formula is C49H76N12O14S. The van der Waals surface area contributed by atoms with E-state index in [1.54, 1.807) is 64.3 Å². The van der Waals surface area contributed by atoms with Crippen LogP contribution in [-0.4, -0.2) is 163 Å². The molecule has 0 saturated heterocycles. The number of carbonyl (C=O) groups is 11. The maximum Gasteiger partial charge on any atom is 0.326 e. The molecule has 0 fully saturated rings. The van der Waals surface area contributed by atoms with Crippen LogP contribution in [0, 0.1) is 11.8 Å². The number of aromatic nitrogens is 2. The van der Waals surface area contributed by atoms with Crippen LogP contribution >= 0.6 is 11.8 Å². The summed E-state index contributed by atoms with van der Waals surface area (Å²) in [6, 6.07) is -3.62. The summed E-state index contributed by atoms with van der Waals surface area (Å²) in [5.41, 5.74) is 13.0. The topological polar surface area (TPSA) is 425 Å². The Morgan fingerprint density at radius 1 is 0.605 bits per heavy atom. The minimum atomic E-state index is -1.74. The van der Waals surface area contributed by atoms with Crippen molar-refractivity contribution in [3.8, 4) is 0 Å². The molecule has 0 radical (unpaired) electrons. The largest absolute Gasteiger partial charge is 0.481 e. The van der Waals surface area contributed by atoms with Crippen molar-refractivity contribution < 1.29 is 68.1 Å². The lowest BCUT2D eigenvalue weighted by Gasteiger charge is -2.27. The number of nitrogens with one attached hydrogen (secondary N) is 9. The van der Waals surface area contributed by atoms with Crippen molar-refractivity contribution in [1.29, 1.82) is 0 Å². The Kier molecular flexibility index (Phi) is 28.8. The summed E-state index contributed by atoms with van der Waals surface area (Å²) < 4.78 is 0. The van der Waals surface area contributed by atoms with E-state index >= 15 is 0 Å². The van der Waals surface area contributed by atoms with Gasteiger partial charge >= 0.3 is 17.9 Å². The van der Waals surface area contributed by atoms with Crippen LogP contribution in [0.3, 0.4) is 0 Å². The van der Waals surface area contributed by atoms with Crippen molar-refractivity contribution in [1.82, 2.24) is 52.5 Å². The number of carbonyl (C=O) groups excluding carboxylic acids is 8. The van der Waals surface area contributed by atoms with E-state index in [1.807, 2.05) is 0 Å². The number of hydrogen-bond acceptors (Lipinski definition) is 15. The van der Waals surface area contributed by atoms with Gasteiger partial charge < -0.3 is 74.3 Å². The number of carboxylic acids is 3. The van der Waals surface area contributed by atoms with Gasteiger partial charge in [-0.2, -0.15) is 11.8 Å². The van der Waals surface area contributed by atoms with Crippen molar-refractivity contribution >= 4 is 76.9 Å². The molecule has 1 heterocycles. The van der Waals surface area contributed by atoms with E-state index < -0.39 is 145 Å². The Hall–Kier alpha value is -7.13. The van der Waals surface area contributed by atoms with Crippen molar-refractivity contribution in [2.24, 2.45) is 23.3 Å². The van der Waals surface area contributed by atoms with Gasteiger partial charge in [0.2, 0.25) is 47.3 Å². The first-order valence-electron chi connectivity index (χ1n) is 24.9. The van der Waals surface area contributed by atoms with Gasteiger partial charge in [-0.1, -0.05) is 58.0 Å². The van der Waals surface area contributed by atoms with Crippen molar-refractivity contribution in [3.05, 3.63) is 54.1 Å². The number of imidazole rings is 1. The highest BCUT2D eigenvalue weighted by molar-refractivity contribution is 7.98. The van der Waals surface area contributed by atoms with Gasteiger partial charge in [0.05, 0.1) is 18.8 Å². The lowest BCUT2D eigenvalue weighted by Crippen LogP contribution is -2.60. The predicted molar refractivity (Wildman–Crippen MR) is 278 cm³/mol. The average molecular weight is 1090 g/mol. The first-order chi connectivity index (χ1) is 35.9. The molecule has 16 N–H and O–H groups in total. The van der Waals surface area contributed by atoms with Gasteiger partial charge in [-0.15, -0.1) is 0 Å². The Balaban J connectivity index is 2.33. The number of amides is 8. The standard InChI is InChI=1S/C49H76N12O14S/c1-26(2)20-35(59-42(67)31(51)21-29-12-8-7-9-13-29)46(71)60-37(23-39(64)65)48(73)55-32(14-10-11-18-50)43(68)54-28(5)41(66)58-36(22-30-24-52-25-53-30)47(72)57-34(17-19-76-6)44(69)56-33(15-16-38(62)63)45(70)61-40(27(3)4)49(74)75/h7-9,12-13,24-28,31-37,40H,10-11,14-23,50-51H2,1-6H3,(H,52,53)(H,54,68)(H,55,73)(H,56,69)(H,57,72)(H,58,66)(H,59,67)(H,60,71)(H,61,70)(H,62,63)(H,64,65)(H,74,75). The number of thioether (sulfide) groups is 1. The molecule has 76 heavy (non-hydrogen) atoms. The van der Waals surface area contributed by atoms with Crippen LogP contribution in [-0.2, 0) is 65.6 Å². The Labute approximate surface area is 445 Å². The van der Waals surface area contributed by atoms with Crippen LogP contribution in [0.4, 0.5) is 0 Å². The molecule has 1 aromatic heterocycles. The van der Waals surface area contributed by atoms with E-state index in [-0.39, 0.29) is 51.0 Å². The Morgan fingerprint density at radius 3 is 1.67 bits per heavy atom. The number of unbranched alkanes of at least 4 members (excludes halogenated alkanes) is 1. The fraction of sp³-hybridized carbons (Fsp3) is 0.592. The average Bonchev–Trinajstić information content (AvgIpc) is 3.87. The minimum Gasteiger partial charge on any atom is -0.481 e. The third kappa shape index (κ3) is 24.0. The quantitative estimate of drug-likeness (QED) is 0.0343. The van der Waals surface area contributed by atoms with Gasteiger partial charge in [-0.05, 0) is 87.8 Å². The molecule has 9 atom stereocenters. The fourth-order valence-corrected chi connectivity index (χ4v) is 7.96. The first-order valence-corrected chi connectivity index (χ1v) is 26.3. The second-order valence-electron chi connectivity index (χ2n) is 19.0. The van der Waals surface area contributed by atoms with E-state index in [1.165, 1.54) is 31.2 Å². The maximum absolute atomic E-state index is 14.1. The van der Waals surface area contributed by atoms with E-state index in [0.717, 1.165) is 5.56 Å². The summed E-state index contributed by atoms with van der Waals surface area (Å²) in [7, 11) is 0. The van der Waals surface area contributed by atoms with Gasteiger partial charge in [0.1, 0.15) is 48.3 Å². The summed E-state index contributed by atoms with van der Waals surface area (Å²) in [6.07, 6.45) is 3.13. The first kappa shape index (κ1) is 65.0. The number of aliphatic carboxylic acids is 3. The third-order valence-corrected chi connectivity index (χ3v) is 12.3. The van der Waals surface area contributed by atoms with Gasteiger partial charge in [-0.3, -0.25) is 47.9 Å². The summed E-state index contributed by atoms with van der Waals surface area (Å²) in [4.78, 5) is 152. The Morgan fingerprint density at radius 2 is 1.13 bits per heavy atom. The second-order valence-corrected chi connectivity index (χ2v) is 20.0. The molecule has 2 rings (SSSR count). The van der Waals surface area contributed by atoms with Crippen LogP contribution < -0.4 is 54.0 Å². The summed E-state index contributed by atoms with van der Waals surface area (Å²) >= 11 is 1.31. The minimum absolute atomic E-state index is 0.0137. The van der Waals surface area contributed by atoms with Crippen LogP contribution in [0.5, 0.6) is 0 Å². The highest BCUT2D eigenvalue weighted by Gasteiger charge is 2.36. The van der Waals surface area contributed by atoms with Gasteiger partial charge in [0, 0.05) is 24.7 Å². The highest BCUT2D eigenvalue weighted by atomic mass is 32.2. The zero-order valence-electron chi connectivity index (χ0n) is 43.7. The van der Waals surface area contributed by atoms with Gasteiger partial charge in [0.25, 0.3) is 0 Å². The molecule has 9 unspecified atom stereocenters. The number of hydrogen-bond donors (Lipinski definition) is 14. The molecule has 422 valence electrons. The SMILES string of the molecule is CSCCC(NC(=O)C(Cc1cnc[nH]1)NC(=O)C(C)NC(=O)C(CCCCN)NC(=O)C(CC(=O)O)NC(=O)C(CC(C)C)NC(=O)C(N)Cc1ccccc1)C(=O)NC(CCC(=O)O)C(=O)NC(C(=O)O)C(C)C. The zero-order chi connectivity index (χ0) is 57.1. The van der Waals surface area contributed by atoms with Crippen molar-refractivity contribution in [3.63, 3.8) is 0 Å². The number of benzene rings is 1. The summed E-state index contributed by atoms with van der Waals surface area (Å²) in [5.74, 6) is -11.8.